The molecule has 9 heteroatoms. The van der Waals surface area contributed by atoms with Gasteiger partial charge in [0.2, 0.25) is 15.9 Å². The summed E-state index contributed by atoms with van der Waals surface area (Å²) in [7, 11) is -3.47. The van der Waals surface area contributed by atoms with Gasteiger partial charge in [0.1, 0.15) is 11.6 Å². The largest absolute Gasteiger partial charge is 0.354 e. The smallest absolute Gasteiger partial charge is 0.244 e. The number of piperazine rings is 1. The quantitative estimate of drug-likeness (QED) is 0.676. The SMILES string of the molecule is CC(=CC(=O)NCCS(=O)(=O)N1CCN(c2ccccn2)CC1)c1cccc(F)c1. The first-order chi connectivity index (χ1) is 14.3. The highest BCUT2D eigenvalue weighted by Gasteiger charge is 2.27. The third-order valence-electron chi connectivity index (χ3n) is 4.89. The number of hydrogen-bond donors (Lipinski definition) is 1. The average molecular weight is 433 g/mol. The number of pyridine rings is 1. The predicted octanol–water partition coefficient (Wildman–Crippen LogP) is 1.89. The second-order valence-corrected chi connectivity index (χ2v) is 9.11. The Labute approximate surface area is 176 Å². The summed E-state index contributed by atoms with van der Waals surface area (Å²) in [6.07, 6.45) is 3.05. The zero-order valence-electron chi connectivity index (χ0n) is 16.8. The fraction of sp³-hybridized carbons (Fsp3) is 0.333. The number of carbonyl (C=O) groups is 1. The molecule has 3 rings (SSSR count). The van der Waals surface area contributed by atoms with Gasteiger partial charge in [-0.05, 0) is 42.3 Å². The van der Waals surface area contributed by atoms with Gasteiger partial charge in [0, 0.05) is 45.0 Å². The van der Waals surface area contributed by atoms with Crippen molar-refractivity contribution in [2.45, 2.75) is 6.92 Å². The van der Waals surface area contributed by atoms with Crippen LogP contribution in [0, 0.1) is 5.82 Å². The Morgan fingerprint density at radius 3 is 2.60 bits per heavy atom. The van der Waals surface area contributed by atoms with Crippen molar-refractivity contribution in [3.8, 4) is 0 Å². The number of nitrogens with one attached hydrogen (secondary N) is 1. The highest BCUT2D eigenvalue weighted by atomic mass is 32.2. The standard InChI is InChI=1S/C21H25FN4O3S/c1-17(18-5-4-6-19(22)16-18)15-21(27)24-9-14-30(28,29)26-12-10-25(11-13-26)20-7-2-3-8-23-20/h2-8,15-16H,9-14H2,1H3,(H,24,27). The second-order valence-electron chi connectivity index (χ2n) is 7.02. The molecule has 1 N–H and O–H groups in total. The third-order valence-corrected chi connectivity index (χ3v) is 6.76. The number of nitrogens with zero attached hydrogens (tertiary/aromatic N) is 3. The number of halogens is 1. The van der Waals surface area contributed by atoms with Gasteiger partial charge in [-0.15, -0.1) is 0 Å². The van der Waals surface area contributed by atoms with Gasteiger partial charge in [-0.25, -0.2) is 17.8 Å². The average Bonchev–Trinajstić information content (AvgIpc) is 2.74. The predicted molar refractivity (Wildman–Crippen MR) is 115 cm³/mol. The summed E-state index contributed by atoms with van der Waals surface area (Å²) < 4.78 is 39.9. The number of benzene rings is 1. The third kappa shape index (κ3) is 5.87. The van der Waals surface area contributed by atoms with Gasteiger partial charge in [0.15, 0.2) is 0 Å². The van der Waals surface area contributed by atoms with E-state index < -0.39 is 15.9 Å². The van der Waals surface area contributed by atoms with Crippen LogP contribution in [0.15, 0.2) is 54.7 Å². The first kappa shape index (κ1) is 21.9. The monoisotopic (exact) mass is 432 g/mol. The fourth-order valence-corrected chi connectivity index (χ4v) is 4.57. The molecule has 1 aromatic carbocycles. The maximum absolute atomic E-state index is 13.3. The van der Waals surface area contributed by atoms with E-state index in [1.54, 1.807) is 25.3 Å². The lowest BCUT2D eigenvalue weighted by Gasteiger charge is -2.34. The summed E-state index contributed by atoms with van der Waals surface area (Å²) in [5.41, 5.74) is 1.20. The zero-order valence-corrected chi connectivity index (χ0v) is 17.6. The summed E-state index contributed by atoms with van der Waals surface area (Å²) in [5, 5.41) is 2.59. The second kappa shape index (κ2) is 9.82. The molecule has 0 aliphatic carbocycles. The first-order valence-electron chi connectivity index (χ1n) is 9.71. The molecule has 0 atom stereocenters. The lowest BCUT2D eigenvalue weighted by atomic mass is 10.1. The van der Waals surface area contributed by atoms with Crippen molar-refractivity contribution in [3.05, 3.63) is 66.1 Å². The van der Waals surface area contributed by atoms with Crippen molar-refractivity contribution in [2.75, 3.05) is 43.4 Å². The number of anilines is 1. The number of hydrogen-bond acceptors (Lipinski definition) is 5. The van der Waals surface area contributed by atoms with Crippen LogP contribution in [-0.2, 0) is 14.8 Å². The number of amides is 1. The van der Waals surface area contributed by atoms with E-state index in [-0.39, 0.29) is 18.1 Å². The Kier molecular flexibility index (Phi) is 7.17. The van der Waals surface area contributed by atoms with Crippen LogP contribution in [0.25, 0.3) is 5.57 Å². The van der Waals surface area contributed by atoms with Crippen LogP contribution in [0.5, 0.6) is 0 Å². The molecule has 0 unspecified atom stereocenters. The first-order valence-corrected chi connectivity index (χ1v) is 11.3. The van der Waals surface area contributed by atoms with Crippen LogP contribution in [0.1, 0.15) is 12.5 Å². The summed E-state index contributed by atoms with van der Waals surface area (Å²) in [6.45, 7) is 3.61. The molecule has 1 aliphatic rings. The normalized spacial score (nSPS) is 15.8. The van der Waals surface area contributed by atoms with Crippen molar-refractivity contribution >= 4 is 27.3 Å². The van der Waals surface area contributed by atoms with Crippen LogP contribution >= 0.6 is 0 Å². The van der Waals surface area contributed by atoms with Crippen LogP contribution in [0.3, 0.4) is 0 Å². The van der Waals surface area contributed by atoms with Crippen LogP contribution in [-0.4, -0.2) is 62.1 Å². The maximum Gasteiger partial charge on any atom is 0.244 e. The summed E-state index contributed by atoms with van der Waals surface area (Å²) >= 11 is 0. The highest BCUT2D eigenvalue weighted by molar-refractivity contribution is 7.89. The molecule has 2 heterocycles. The van der Waals surface area contributed by atoms with E-state index in [1.165, 1.54) is 22.5 Å². The summed E-state index contributed by atoms with van der Waals surface area (Å²) in [6, 6.07) is 11.6. The van der Waals surface area contributed by atoms with E-state index in [9.17, 15) is 17.6 Å². The Hall–Kier alpha value is -2.78. The molecule has 0 saturated carbocycles. The molecule has 30 heavy (non-hydrogen) atoms. The Morgan fingerprint density at radius 2 is 1.93 bits per heavy atom. The molecule has 1 saturated heterocycles. The van der Waals surface area contributed by atoms with Crippen molar-refractivity contribution < 1.29 is 17.6 Å². The maximum atomic E-state index is 13.3. The zero-order chi connectivity index (χ0) is 21.6. The molecular formula is C21H25FN4O3S. The van der Waals surface area contributed by atoms with Gasteiger partial charge < -0.3 is 10.2 Å². The number of carbonyl (C=O) groups excluding carboxylic acids is 1. The lowest BCUT2D eigenvalue weighted by molar-refractivity contribution is -0.116. The van der Waals surface area contributed by atoms with Gasteiger partial charge in [0.05, 0.1) is 5.75 Å². The lowest BCUT2D eigenvalue weighted by Crippen LogP contribution is -2.50. The topological polar surface area (TPSA) is 82.6 Å². The van der Waals surface area contributed by atoms with E-state index in [0.29, 0.717) is 37.3 Å². The molecule has 7 nitrogen and oxygen atoms in total. The molecule has 0 spiro atoms. The molecule has 1 aromatic heterocycles. The van der Waals surface area contributed by atoms with E-state index >= 15 is 0 Å². The summed E-state index contributed by atoms with van der Waals surface area (Å²) in [5.74, 6) is -0.126. The van der Waals surface area contributed by atoms with Gasteiger partial charge in [-0.1, -0.05) is 18.2 Å². The van der Waals surface area contributed by atoms with Crippen LogP contribution in [0.2, 0.25) is 0 Å². The minimum atomic E-state index is -3.47. The molecule has 0 radical (unpaired) electrons. The van der Waals surface area contributed by atoms with Gasteiger partial charge in [-0.3, -0.25) is 4.79 Å². The molecular weight excluding hydrogens is 407 g/mol. The summed E-state index contributed by atoms with van der Waals surface area (Å²) in [4.78, 5) is 18.4. The van der Waals surface area contributed by atoms with E-state index in [4.69, 9.17) is 0 Å². The Morgan fingerprint density at radius 1 is 1.17 bits per heavy atom. The number of rotatable bonds is 7. The van der Waals surface area contributed by atoms with Crippen molar-refractivity contribution in [2.24, 2.45) is 0 Å². The minimum Gasteiger partial charge on any atom is -0.354 e. The van der Waals surface area contributed by atoms with Crippen molar-refractivity contribution in [1.29, 1.82) is 0 Å². The van der Waals surface area contributed by atoms with E-state index in [2.05, 4.69) is 10.3 Å². The molecule has 1 amide bonds. The number of aromatic nitrogens is 1. The molecule has 2 aromatic rings. The Balaban J connectivity index is 1.47. The van der Waals surface area contributed by atoms with Crippen LogP contribution < -0.4 is 10.2 Å². The molecule has 160 valence electrons. The van der Waals surface area contributed by atoms with Gasteiger partial charge in [0.25, 0.3) is 0 Å². The fourth-order valence-electron chi connectivity index (χ4n) is 3.23. The minimum absolute atomic E-state index is 0.00848. The van der Waals surface area contributed by atoms with Crippen molar-refractivity contribution in [1.82, 2.24) is 14.6 Å². The van der Waals surface area contributed by atoms with Gasteiger partial charge in [-0.2, -0.15) is 4.31 Å². The van der Waals surface area contributed by atoms with Crippen LogP contribution in [0.4, 0.5) is 10.2 Å². The molecule has 1 fully saturated rings. The highest BCUT2D eigenvalue weighted by Crippen LogP contribution is 2.15. The van der Waals surface area contributed by atoms with E-state index in [1.807, 2.05) is 23.1 Å². The molecule has 1 aliphatic heterocycles. The number of allylic oxidation sites excluding steroid dienone is 1. The van der Waals surface area contributed by atoms with E-state index in [0.717, 1.165) is 5.82 Å². The molecule has 0 bridgehead atoms. The van der Waals surface area contributed by atoms with Gasteiger partial charge >= 0.3 is 0 Å². The number of sulfonamides is 1. The van der Waals surface area contributed by atoms with Crippen molar-refractivity contribution in [3.63, 3.8) is 0 Å². The Bertz CT molecular complexity index is 1000.